The van der Waals surface area contributed by atoms with Crippen LogP contribution >= 0.6 is 0 Å². The Morgan fingerprint density at radius 3 is 2.42 bits per heavy atom. The van der Waals surface area contributed by atoms with Crippen LogP contribution in [0, 0.1) is 12.8 Å². The fraction of sp³-hybridized carbons (Fsp3) is 0.387. The summed E-state index contributed by atoms with van der Waals surface area (Å²) < 4.78 is 11.0. The smallest absolute Gasteiger partial charge is 0.235 e. The lowest BCUT2D eigenvalue weighted by atomic mass is 9.94. The van der Waals surface area contributed by atoms with Crippen molar-refractivity contribution >= 4 is 11.6 Å². The Bertz CT molecular complexity index is 1230. The number of carbonyl (C=O) groups is 1. The van der Waals surface area contributed by atoms with Crippen molar-refractivity contribution in [2.24, 2.45) is 5.92 Å². The van der Waals surface area contributed by atoms with E-state index in [1.165, 1.54) is 24.0 Å². The molecule has 2 N–H and O–H groups in total. The molecule has 1 aliphatic heterocycles. The molecule has 1 saturated carbocycles. The molecular formula is C31H36N2O3. The van der Waals surface area contributed by atoms with Gasteiger partial charge in [-0.1, -0.05) is 63.1 Å². The molecule has 0 spiro atoms. The molecule has 0 atom stereocenters. The summed E-state index contributed by atoms with van der Waals surface area (Å²) in [5.74, 6) is 2.24. The third-order valence-corrected chi connectivity index (χ3v) is 7.79. The Balaban J connectivity index is 1.27. The molecule has 0 bridgehead atoms. The topological polar surface area (TPSA) is 59.6 Å². The summed E-state index contributed by atoms with van der Waals surface area (Å²) in [5.41, 5.74) is 6.08. The maximum Gasteiger partial charge on any atom is 0.235 e. The molecule has 0 aromatic heterocycles. The highest BCUT2D eigenvalue weighted by Crippen LogP contribution is 2.51. The van der Waals surface area contributed by atoms with Crippen molar-refractivity contribution in [3.8, 4) is 22.6 Å². The molecule has 1 amide bonds. The van der Waals surface area contributed by atoms with Gasteiger partial charge in [-0.3, -0.25) is 4.79 Å². The van der Waals surface area contributed by atoms with Crippen LogP contribution in [0.15, 0.2) is 60.7 Å². The van der Waals surface area contributed by atoms with Crippen molar-refractivity contribution in [2.45, 2.75) is 58.4 Å². The zero-order chi connectivity index (χ0) is 25.1. The first kappa shape index (κ1) is 24.4. The highest BCUT2D eigenvalue weighted by Gasteiger charge is 2.51. The summed E-state index contributed by atoms with van der Waals surface area (Å²) in [4.78, 5) is 13.4. The molecule has 1 heterocycles. The predicted octanol–water partition coefficient (Wildman–Crippen LogP) is 6.59. The lowest BCUT2D eigenvalue weighted by molar-refractivity contribution is -0.118. The summed E-state index contributed by atoms with van der Waals surface area (Å²) in [5, 5.41) is 6.78. The Morgan fingerprint density at radius 1 is 0.944 bits per heavy atom. The minimum Gasteiger partial charge on any atom is -0.454 e. The van der Waals surface area contributed by atoms with Gasteiger partial charge in [-0.05, 0) is 84.3 Å². The molecule has 5 rings (SSSR count). The first-order valence-electron chi connectivity index (χ1n) is 13.1. The first-order valence-corrected chi connectivity index (χ1v) is 13.1. The molecule has 36 heavy (non-hydrogen) atoms. The van der Waals surface area contributed by atoms with Crippen LogP contribution < -0.4 is 20.1 Å². The van der Waals surface area contributed by atoms with E-state index in [0.717, 1.165) is 65.7 Å². The van der Waals surface area contributed by atoms with Gasteiger partial charge in [0.25, 0.3) is 0 Å². The molecule has 1 aliphatic carbocycles. The second-order valence-corrected chi connectivity index (χ2v) is 10.1. The molecule has 5 nitrogen and oxygen atoms in total. The SMILES string of the molecule is CCC(CC)CNCc1ccc(-c2cc(NC(=O)C3(c4ccc5c(c4)OCO5)CC3)ccc2C)cc1. The largest absolute Gasteiger partial charge is 0.454 e. The fourth-order valence-corrected chi connectivity index (χ4v) is 5.03. The van der Waals surface area contributed by atoms with E-state index < -0.39 is 5.41 Å². The van der Waals surface area contributed by atoms with Crippen LogP contribution in [0.1, 0.15) is 56.2 Å². The van der Waals surface area contributed by atoms with Crippen molar-refractivity contribution < 1.29 is 14.3 Å². The summed E-state index contributed by atoms with van der Waals surface area (Å²) in [7, 11) is 0. The summed E-state index contributed by atoms with van der Waals surface area (Å²) in [6.07, 6.45) is 4.10. The number of carbonyl (C=O) groups excluding carboxylic acids is 1. The minimum absolute atomic E-state index is 0.0371. The number of rotatable bonds is 10. The van der Waals surface area contributed by atoms with Crippen LogP contribution in [-0.4, -0.2) is 19.2 Å². The zero-order valence-corrected chi connectivity index (χ0v) is 21.5. The highest BCUT2D eigenvalue weighted by molar-refractivity contribution is 6.02. The third-order valence-electron chi connectivity index (χ3n) is 7.79. The van der Waals surface area contributed by atoms with Gasteiger partial charge in [0.2, 0.25) is 12.7 Å². The Hall–Kier alpha value is -3.31. The third kappa shape index (κ3) is 4.98. The number of benzene rings is 3. The molecule has 0 unspecified atom stereocenters. The lowest BCUT2D eigenvalue weighted by Gasteiger charge is -2.17. The number of hydrogen-bond acceptors (Lipinski definition) is 4. The highest BCUT2D eigenvalue weighted by atomic mass is 16.7. The maximum absolute atomic E-state index is 13.4. The first-order chi connectivity index (χ1) is 17.5. The number of anilines is 1. The zero-order valence-electron chi connectivity index (χ0n) is 21.5. The second-order valence-electron chi connectivity index (χ2n) is 10.1. The van der Waals surface area contributed by atoms with E-state index in [1.54, 1.807) is 0 Å². The van der Waals surface area contributed by atoms with Gasteiger partial charge in [-0.2, -0.15) is 0 Å². The van der Waals surface area contributed by atoms with E-state index in [-0.39, 0.29) is 12.7 Å². The number of ether oxygens (including phenoxy) is 2. The van der Waals surface area contributed by atoms with Crippen molar-refractivity contribution in [1.29, 1.82) is 0 Å². The van der Waals surface area contributed by atoms with Crippen LogP contribution in [0.5, 0.6) is 11.5 Å². The van der Waals surface area contributed by atoms with Crippen molar-refractivity contribution in [1.82, 2.24) is 5.32 Å². The van der Waals surface area contributed by atoms with Gasteiger partial charge >= 0.3 is 0 Å². The molecular weight excluding hydrogens is 448 g/mol. The number of fused-ring (bicyclic) bond motifs is 1. The number of amides is 1. The van der Waals surface area contributed by atoms with Crippen molar-refractivity contribution in [3.63, 3.8) is 0 Å². The number of nitrogens with one attached hydrogen (secondary N) is 2. The van der Waals surface area contributed by atoms with Gasteiger partial charge in [-0.25, -0.2) is 0 Å². The molecule has 188 valence electrons. The summed E-state index contributed by atoms with van der Waals surface area (Å²) in [6, 6.07) is 20.7. The summed E-state index contributed by atoms with van der Waals surface area (Å²) in [6.45, 7) is 8.80. The average Bonchev–Trinajstić information content (AvgIpc) is 3.59. The van der Waals surface area contributed by atoms with Gasteiger partial charge in [0.1, 0.15) is 0 Å². The second kappa shape index (κ2) is 10.4. The maximum atomic E-state index is 13.4. The van der Waals surface area contributed by atoms with Gasteiger partial charge in [0.15, 0.2) is 11.5 Å². The predicted molar refractivity (Wildman–Crippen MR) is 145 cm³/mol. The standard InChI is InChI=1S/C31H36N2O3/c1-4-22(5-2)18-32-19-23-7-9-24(10-8-23)27-17-26(12-6-21(27)3)33-30(34)31(14-15-31)25-11-13-28-29(16-25)36-20-35-28/h6-13,16-17,22,32H,4-5,14-15,18-20H2,1-3H3,(H,33,34). The molecule has 0 saturated heterocycles. The Kier molecular flexibility index (Phi) is 7.01. The molecule has 1 fully saturated rings. The monoisotopic (exact) mass is 484 g/mol. The van der Waals surface area contributed by atoms with Crippen molar-refractivity contribution in [2.75, 3.05) is 18.7 Å². The van der Waals surface area contributed by atoms with E-state index >= 15 is 0 Å². The minimum atomic E-state index is -0.491. The van der Waals surface area contributed by atoms with Crippen LogP contribution in [-0.2, 0) is 16.8 Å². The van der Waals surface area contributed by atoms with E-state index in [0.29, 0.717) is 0 Å². The molecule has 3 aromatic carbocycles. The van der Waals surface area contributed by atoms with E-state index in [2.05, 4.69) is 67.8 Å². The number of hydrogen-bond donors (Lipinski definition) is 2. The van der Waals surface area contributed by atoms with Crippen LogP contribution in [0.3, 0.4) is 0 Å². The van der Waals surface area contributed by atoms with Crippen LogP contribution in [0.4, 0.5) is 5.69 Å². The van der Waals surface area contributed by atoms with E-state index in [4.69, 9.17) is 9.47 Å². The molecule has 5 heteroatoms. The molecule has 0 radical (unpaired) electrons. The Morgan fingerprint density at radius 2 is 1.69 bits per heavy atom. The van der Waals surface area contributed by atoms with Gasteiger partial charge in [0.05, 0.1) is 5.41 Å². The molecule has 2 aliphatic rings. The number of aryl methyl sites for hydroxylation is 1. The lowest BCUT2D eigenvalue weighted by Crippen LogP contribution is -2.27. The van der Waals surface area contributed by atoms with E-state index in [9.17, 15) is 4.79 Å². The normalized spacial score (nSPS) is 15.2. The average molecular weight is 485 g/mol. The van der Waals surface area contributed by atoms with Crippen LogP contribution in [0.2, 0.25) is 0 Å². The van der Waals surface area contributed by atoms with Gasteiger partial charge < -0.3 is 20.1 Å². The van der Waals surface area contributed by atoms with E-state index in [1.807, 2.05) is 24.3 Å². The van der Waals surface area contributed by atoms with Gasteiger partial charge in [0, 0.05) is 12.2 Å². The van der Waals surface area contributed by atoms with Crippen molar-refractivity contribution in [3.05, 3.63) is 77.4 Å². The quantitative estimate of drug-likeness (QED) is 0.341. The van der Waals surface area contributed by atoms with Crippen LogP contribution in [0.25, 0.3) is 11.1 Å². The molecule has 3 aromatic rings. The fourth-order valence-electron chi connectivity index (χ4n) is 5.03. The Labute approximate surface area is 214 Å². The van der Waals surface area contributed by atoms with Gasteiger partial charge in [-0.15, -0.1) is 0 Å². The summed E-state index contributed by atoms with van der Waals surface area (Å²) >= 11 is 0.